The molecule has 3 rings (SSSR count). The van der Waals surface area contributed by atoms with Gasteiger partial charge in [0.2, 0.25) is 0 Å². The Morgan fingerprint density at radius 2 is 2.11 bits per heavy atom. The first-order chi connectivity index (χ1) is 8.66. The maximum absolute atomic E-state index is 13.7. The van der Waals surface area contributed by atoms with Crippen LogP contribution in [0, 0.1) is 12.7 Å². The van der Waals surface area contributed by atoms with Gasteiger partial charge in [0.15, 0.2) is 5.82 Å². The first-order valence-electron chi connectivity index (χ1n) is 5.18. The van der Waals surface area contributed by atoms with Crippen LogP contribution in [0.1, 0.15) is 5.56 Å². The molecule has 1 aromatic carbocycles. The Hall–Kier alpha value is -1.59. The summed E-state index contributed by atoms with van der Waals surface area (Å²) in [6.45, 7) is 1.86. The zero-order valence-corrected chi connectivity index (χ0v) is 10.9. The van der Waals surface area contributed by atoms with Crippen molar-refractivity contribution in [1.29, 1.82) is 0 Å². The highest BCUT2D eigenvalue weighted by molar-refractivity contribution is 7.13. The van der Waals surface area contributed by atoms with Crippen molar-refractivity contribution in [3.05, 3.63) is 40.4 Å². The van der Waals surface area contributed by atoms with E-state index in [0.29, 0.717) is 11.3 Å². The van der Waals surface area contributed by atoms with E-state index < -0.39 is 5.82 Å². The van der Waals surface area contributed by atoms with Crippen LogP contribution in [0.15, 0.2) is 23.8 Å². The highest BCUT2D eigenvalue weighted by Crippen LogP contribution is 2.29. The standard InChI is InChI=1S/C12H7ClFN3S/c1-6-2-3-7(14)9-10(6)16-12(17-11(9)13)8-4-15-5-18-8/h2-5H,1H3. The topological polar surface area (TPSA) is 38.7 Å². The van der Waals surface area contributed by atoms with E-state index in [2.05, 4.69) is 15.0 Å². The molecule has 0 bridgehead atoms. The zero-order valence-electron chi connectivity index (χ0n) is 9.32. The molecular weight excluding hydrogens is 273 g/mol. The molecule has 2 aromatic heterocycles. The number of fused-ring (bicyclic) bond motifs is 1. The summed E-state index contributed by atoms with van der Waals surface area (Å²) < 4.78 is 13.7. The lowest BCUT2D eigenvalue weighted by Gasteiger charge is -2.06. The van der Waals surface area contributed by atoms with E-state index in [-0.39, 0.29) is 10.5 Å². The molecule has 6 heteroatoms. The Kier molecular flexibility index (Phi) is 2.72. The van der Waals surface area contributed by atoms with Crippen LogP contribution in [0.2, 0.25) is 5.15 Å². The predicted molar refractivity (Wildman–Crippen MR) is 70.4 cm³/mol. The highest BCUT2D eigenvalue weighted by Gasteiger charge is 2.14. The maximum atomic E-state index is 13.7. The number of benzene rings is 1. The summed E-state index contributed by atoms with van der Waals surface area (Å²) in [5.41, 5.74) is 3.09. The van der Waals surface area contributed by atoms with E-state index in [9.17, 15) is 4.39 Å². The maximum Gasteiger partial charge on any atom is 0.173 e. The van der Waals surface area contributed by atoms with E-state index in [1.807, 2.05) is 6.92 Å². The molecule has 2 heterocycles. The van der Waals surface area contributed by atoms with E-state index in [1.165, 1.54) is 17.4 Å². The van der Waals surface area contributed by atoms with Crippen molar-refractivity contribution in [2.24, 2.45) is 0 Å². The predicted octanol–water partition coefficient (Wildman–Crippen LogP) is 3.85. The monoisotopic (exact) mass is 279 g/mol. The number of aryl methyl sites for hydroxylation is 1. The van der Waals surface area contributed by atoms with Gasteiger partial charge in [-0.3, -0.25) is 4.98 Å². The Balaban J connectivity index is 2.37. The molecule has 0 atom stereocenters. The van der Waals surface area contributed by atoms with Gasteiger partial charge in [-0.2, -0.15) is 0 Å². The smallest absolute Gasteiger partial charge is 0.173 e. The lowest BCUT2D eigenvalue weighted by molar-refractivity contribution is 0.639. The van der Waals surface area contributed by atoms with E-state index in [4.69, 9.17) is 11.6 Å². The largest absolute Gasteiger partial charge is 0.252 e. The third-order valence-corrected chi connectivity index (χ3v) is 3.65. The molecule has 18 heavy (non-hydrogen) atoms. The van der Waals surface area contributed by atoms with Crippen LogP contribution in [0.25, 0.3) is 21.6 Å². The molecule has 0 radical (unpaired) electrons. The van der Waals surface area contributed by atoms with Crippen LogP contribution in [-0.2, 0) is 0 Å². The number of rotatable bonds is 1. The van der Waals surface area contributed by atoms with Crippen molar-refractivity contribution in [2.45, 2.75) is 6.92 Å². The van der Waals surface area contributed by atoms with Gasteiger partial charge in [0.1, 0.15) is 11.0 Å². The van der Waals surface area contributed by atoms with Gasteiger partial charge in [-0.15, -0.1) is 11.3 Å². The fourth-order valence-corrected chi connectivity index (χ4v) is 2.54. The van der Waals surface area contributed by atoms with Crippen molar-refractivity contribution in [3.8, 4) is 10.7 Å². The summed E-state index contributed by atoms with van der Waals surface area (Å²) in [5.74, 6) is 0.0696. The molecule has 90 valence electrons. The molecule has 3 nitrogen and oxygen atoms in total. The number of hydrogen-bond donors (Lipinski definition) is 0. The Morgan fingerprint density at radius 3 is 2.83 bits per heavy atom. The number of thiazole rings is 1. The van der Waals surface area contributed by atoms with E-state index in [0.717, 1.165) is 10.4 Å². The van der Waals surface area contributed by atoms with E-state index in [1.54, 1.807) is 17.8 Å². The SMILES string of the molecule is Cc1ccc(F)c2c(Cl)nc(-c3cncs3)nc12. The fourth-order valence-electron chi connectivity index (χ4n) is 1.73. The van der Waals surface area contributed by atoms with Crippen molar-refractivity contribution < 1.29 is 4.39 Å². The molecule has 0 aliphatic carbocycles. The molecule has 0 saturated carbocycles. The Labute approximate surface area is 111 Å². The first kappa shape index (κ1) is 11.5. The van der Waals surface area contributed by atoms with Crippen LogP contribution in [-0.4, -0.2) is 15.0 Å². The van der Waals surface area contributed by atoms with Crippen LogP contribution in [0.3, 0.4) is 0 Å². The van der Waals surface area contributed by atoms with Gasteiger partial charge in [-0.05, 0) is 18.6 Å². The summed E-state index contributed by atoms with van der Waals surface area (Å²) in [5, 5.41) is 0.398. The molecule has 0 unspecified atom stereocenters. The van der Waals surface area contributed by atoms with Crippen LogP contribution in [0.5, 0.6) is 0 Å². The summed E-state index contributed by atoms with van der Waals surface area (Å²) >= 11 is 7.46. The normalized spacial score (nSPS) is 11.1. The average Bonchev–Trinajstić information content (AvgIpc) is 2.87. The zero-order chi connectivity index (χ0) is 12.7. The van der Waals surface area contributed by atoms with Crippen molar-refractivity contribution in [1.82, 2.24) is 15.0 Å². The molecule has 0 aliphatic heterocycles. The second-order valence-electron chi connectivity index (χ2n) is 3.79. The van der Waals surface area contributed by atoms with Crippen molar-refractivity contribution in [2.75, 3.05) is 0 Å². The lowest BCUT2D eigenvalue weighted by atomic mass is 10.1. The van der Waals surface area contributed by atoms with Crippen LogP contribution in [0.4, 0.5) is 4.39 Å². The van der Waals surface area contributed by atoms with Gasteiger partial charge < -0.3 is 0 Å². The minimum atomic E-state index is -0.406. The van der Waals surface area contributed by atoms with Crippen molar-refractivity contribution >= 4 is 33.8 Å². The highest BCUT2D eigenvalue weighted by atomic mass is 35.5. The summed E-state index contributed by atoms with van der Waals surface area (Å²) in [6, 6.07) is 3.05. The number of nitrogens with zero attached hydrogens (tertiary/aromatic N) is 3. The van der Waals surface area contributed by atoms with Gasteiger partial charge in [0, 0.05) is 6.20 Å². The number of halogens is 2. The molecule has 0 fully saturated rings. The molecular formula is C12H7ClFN3S. The quantitative estimate of drug-likeness (QED) is 0.635. The van der Waals surface area contributed by atoms with Gasteiger partial charge in [-0.1, -0.05) is 17.7 Å². The summed E-state index contributed by atoms with van der Waals surface area (Å²) in [7, 11) is 0. The third kappa shape index (κ3) is 1.76. The minimum Gasteiger partial charge on any atom is -0.252 e. The van der Waals surface area contributed by atoms with Crippen LogP contribution >= 0.6 is 22.9 Å². The molecule has 3 aromatic rings. The van der Waals surface area contributed by atoms with Gasteiger partial charge in [-0.25, -0.2) is 14.4 Å². The molecule has 0 spiro atoms. The van der Waals surface area contributed by atoms with Gasteiger partial charge in [0.25, 0.3) is 0 Å². The van der Waals surface area contributed by atoms with Gasteiger partial charge >= 0.3 is 0 Å². The summed E-state index contributed by atoms with van der Waals surface area (Å²) in [6.07, 6.45) is 1.66. The molecule has 0 aliphatic rings. The molecule has 0 amide bonds. The molecule has 0 saturated heterocycles. The Morgan fingerprint density at radius 1 is 1.28 bits per heavy atom. The fraction of sp³-hybridized carbons (Fsp3) is 0.0833. The average molecular weight is 280 g/mol. The van der Waals surface area contributed by atoms with Gasteiger partial charge in [0.05, 0.1) is 21.3 Å². The summed E-state index contributed by atoms with van der Waals surface area (Å²) in [4.78, 5) is 13.3. The minimum absolute atomic E-state index is 0.129. The third-order valence-electron chi connectivity index (χ3n) is 2.61. The second kappa shape index (κ2) is 4.26. The van der Waals surface area contributed by atoms with E-state index >= 15 is 0 Å². The Bertz CT molecular complexity index is 728. The second-order valence-corrected chi connectivity index (χ2v) is 5.04. The van der Waals surface area contributed by atoms with Crippen LogP contribution < -0.4 is 0 Å². The lowest BCUT2D eigenvalue weighted by Crippen LogP contribution is -1.94. The van der Waals surface area contributed by atoms with Crippen molar-refractivity contribution in [3.63, 3.8) is 0 Å². The number of aromatic nitrogens is 3. The first-order valence-corrected chi connectivity index (χ1v) is 6.44. The number of hydrogen-bond acceptors (Lipinski definition) is 4. The molecule has 0 N–H and O–H groups in total.